The fraction of sp³-hybridized carbons (Fsp3) is 0.500. The van der Waals surface area contributed by atoms with Crippen LogP contribution in [0.1, 0.15) is 81.0 Å². The van der Waals surface area contributed by atoms with E-state index in [1.54, 1.807) is 21.3 Å². The molecule has 2 aromatic carbocycles. The molecule has 6 nitrogen and oxygen atoms in total. The number of ether oxygens (including phenoxy) is 2. The second-order valence-electron chi connectivity index (χ2n) is 9.76. The first-order valence-corrected chi connectivity index (χ1v) is 11.9. The predicted octanol–water partition coefficient (Wildman–Crippen LogP) is 4.83. The smallest absolute Gasteiger partial charge is 0.225 e. The van der Waals surface area contributed by atoms with Crippen LogP contribution in [0.25, 0.3) is 0 Å². The number of unbranched alkanes of at least 4 members (excludes halogenated alkanes) is 1. The molecule has 2 amide bonds. The Bertz CT molecular complexity index is 994. The van der Waals surface area contributed by atoms with Gasteiger partial charge in [-0.15, -0.1) is 0 Å². The number of likely N-dealkylation sites (N-methyl/N-ethyl adjacent to an activating group) is 1. The lowest BCUT2D eigenvalue weighted by molar-refractivity contribution is -0.120. The Balaban J connectivity index is 2.76. The average molecular weight is 469 g/mol. The van der Waals surface area contributed by atoms with E-state index in [1.165, 1.54) is 0 Å². The third-order valence-corrected chi connectivity index (χ3v) is 6.32. The molecule has 0 heterocycles. The summed E-state index contributed by atoms with van der Waals surface area (Å²) in [5.74, 6) is 0.132. The van der Waals surface area contributed by atoms with Gasteiger partial charge in [0.15, 0.2) is 0 Å². The Morgan fingerprint density at radius 1 is 1.03 bits per heavy atom. The number of benzene rings is 2. The van der Waals surface area contributed by atoms with Crippen LogP contribution in [0.3, 0.4) is 0 Å². The maximum atomic E-state index is 13.1. The molecule has 6 heteroatoms. The molecule has 0 bridgehead atoms. The van der Waals surface area contributed by atoms with Crippen molar-refractivity contribution in [2.24, 2.45) is 5.73 Å². The van der Waals surface area contributed by atoms with E-state index < -0.39 is 5.92 Å². The molecule has 2 unspecified atom stereocenters. The van der Waals surface area contributed by atoms with Gasteiger partial charge in [-0.1, -0.05) is 64.8 Å². The van der Waals surface area contributed by atoms with Crippen molar-refractivity contribution in [2.45, 2.75) is 70.6 Å². The van der Waals surface area contributed by atoms with Crippen molar-refractivity contribution in [3.63, 3.8) is 0 Å². The number of hydrogen-bond donors (Lipinski definition) is 2. The second-order valence-corrected chi connectivity index (χ2v) is 9.76. The number of rotatable bonds is 11. The maximum absolute atomic E-state index is 13.1. The zero-order valence-corrected chi connectivity index (χ0v) is 21.7. The first kappa shape index (κ1) is 27.2. The van der Waals surface area contributed by atoms with E-state index in [-0.39, 0.29) is 29.6 Å². The maximum Gasteiger partial charge on any atom is 0.225 e. The molecule has 186 valence electrons. The van der Waals surface area contributed by atoms with Gasteiger partial charge in [0.2, 0.25) is 11.8 Å². The second kappa shape index (κ2) is 11.9. The number of hydrogen-bond acceptors (Lipinski definition) is 4. The van der Waals surface area contributed by atoms with Crippen molar-refractivity contribution in [3.8, 4) is 11.5 Å². The van der Waals surface area contributed by atoms with Gasteiger partial charge >= 0.3 is 0 Å². The van der Waals surface area contributed by atoms with Gasteiger partial charge in [0.25, 0.3) is 0 Å². The predicted molar refractivity (Wildman–Crippen MR) is 137 cm³/mol. The number of carbonyl (C=O) groups is 2. The van der Waals surface area contributed by atoms with Gasteiger partial charge in [0, 0.05) is 19.0 Å². The summed E-state index contributed by atoms with van der Waals surface area (Å²) in [6.07, 6.45) is 2.94. The molecule has 0 radical (unpaired) electrons. The number of nitrogens with two attached hydrogens (primary N) is 1. The summed E-state index contributed by atoms with van der Waals surface area (Å²) < 4.78 is 11.1. The summed E-state index contributed by atoms with van der Waals surface area (Å²) in [7, 11) is 4.86. The van der Waals surface area contributed by atoms with E-state index in [0.717, 1.165) is 41.5 Å². The highest BCUT2D eigenvalue weighted by molar-refractivity contribution is 5.84. The van der Waals surface area contributed by atoms with Crippen molar-refractivity contribution in [3.05, 3.63) is 58.7 Å². The quantitative estimate of drug-likeness (QED) is 0.494. The summed E-state index contributed by atoms with van der Waals surface area (Å²) in [5.41, 5.74) is 9.62. The summed E-state index contributed by atoms with van der Waals surface area (Å²) in [6, 6.07) is 11.7. The van der Waals surface area contributed by atoms with Crippen LogP contribution in [0, 0.1) is 0 Å². The Hall–Kier alpha value is -3.02. The summed E-state index contributed by atoms with van der Waals surface area (Å²) in [4.78, 5) is 25.2. The molecule has 2 aromatic rings. The minimum absolute atomic E-state index is 0.0792. The zero-order chi connectivity index (χ0) is 25.5. The van der Waals surface area contributed by atoms with Crippen LogP contribution in [0.5, 0.6) is 11.5 Å². The highest BCUT2D eigenvalue weighted by Crippen LogP contribution is 2.44. The largest absolute Gasteiger partial charge is 0.497 e. The van der Waals surface area contributed by atoms with E-state index in [1.807, 2.05) is 36.4 Å². The molecule has 0 fully saturated rings. The highest BCUT2D eigenvalue weighted by Gasteiger charge is 2.35. The van der Waals surface area contributed by atoms with E-state index in [0.29, 0.717) is 11.5 Å². The molecule has 2 atom stereocenters. The minimum atomic E-state index is -0.576. The Labute approximate surface area is 204 Å². The SMILES string of the molecule is CCCCC(c1ccc(OC)cc1OC)C(C(N)=O)c1cc(CC(=O)NC)ccc1C(C)(C)C. The topological polar surface area (TPSA) is 90.7 Å². The van der Waals surface area contributed by atoms with Crippen molar-refractivity contribution >= 4 is 11.8 Å². The van der Waals surface area contributed by atoms with Crippen LogP contribution in [-0.2, 0) is 21.4 Å². The molecule has 0 saturated carbocycles. The molecule has 0 aliphatic heterocycles. The van der Waals surface area contributed by atoms with E-state index in [2.05, 4.69) is 33.0 Å². The van der Waals surface area contributed by atoms with Gasteiger partial charge in [-0.25, -0.2) is 0 Å². The molecule has 0 spiro atoms. The van der Waals surface area contributed by atoms with Gasteiger partial charge in [0.05, 0.1) is 26.6 Å². The molecule has 3 N–H and O–H groups in total. The number of methoxy groups -OCH3 is 2. The fourth-order valence-corrected chi connectivity index (χ4v) is 4.56. The highest BCUT2D eigenvalue weighted by atomic mass is 16.5. The minimum Gasteiger partial charge on any atom is -0.497 e. The lowest BCUT2D eigenvalue weighted by atomic mass is 9.72. The van der Waals surface area contributed by atoms with Crippen molar-refractivity contribution in [1.29, 1.82) is 0 Å². The standard InChI is InChI=1S/C28H40N2O4/c1-8-9-10-21(20-13-12-19(33-6)17-24(20)34-7)26(27(29)32)22-15-18(16-25(31)30-5)11-14-23(22)28(2,3)4/h11-15,17,21,26H,8-10,16H2,1-7H3,(H2,29,32)(H,30,31). The van der Waals surface area contributed by atoms with Gasteiger partial charge in [-0.3, -0.25) is 9.59 Å². The number of amides is 2. The molecule has 0 aromatic heterocycles. The summed E-state index contributed by atoms with van der Waals surface area (Å²) in [6.45, 7) is 8.50. The molecule has 0 saturated heterocycles. The van der Waals surface area contributed by atoms with Crippen molar-refractivity contribution < 1.29 is 19.1 Å². The van der Waals surface area contributed by atoms with Crippen LogP contribution in [-0.4, -0.2) is 33.1 Å². The summed E-state index contributed by atoms with van der Waals surface area (Å²) >= 11 is 0. The van der Waals surface area contributed by atoms with Crippen LogP contribution >= 0.6 is 0 Å². The van der Waals surface area contributed by atoms with E-state index in [4.69, 9.17) is 15.2 Å². The molecule has 34 heavy (non-hydrogen) atoms. The molecule has 0 aliphatic rings. The number of primary amides is 1. The summed E-state index contributed by atoms with van der Waals surface area (Å²) in [5, 5.41) is 2.67. The van der Waals surface area contributed by atoms with Crippen molar-refractivity contribution in [1.82, 2.24) is 5.32 Å². The van der Waals surface area contributed by atoms with Gasteiger partial charge in [-0.05, 0) is 40.2 Å². The van der Waals surface area contributed by atoms with Gasteiger partial charge < -0.3 is 20.5 Å². The number of carbonyl (C=O) groups excluding carboxylic acids is 2. The normalized spacial score (nSPS) is 13.1. The lowest BCUT2D eigenvalue weighted by Crippen LogP contribution is -2.30. The average Bonchev–Trinajstić information content (AvgIpc) is 2.80. The van der Waals surface area contributed by atoms with E-state index >= 15 is 0 Å². The van der Waals surface area contributed by atoms with Crippen LogP contribution in [0.15, 0.2) is 36.4 Å². The van der Waals surface area contributed by atoms with Gasteiger partial charge in [-0.2, -0.15) is 0 Å². The zero-order valence-electron chi connectivity index (χ0n) is 21.7. The van der Waals surface area contributed by atoms with Crippen LogP contribution < -0.4 is 20.5 Å². The molecule has 2 rings (SSSR count). The third-order valence-electron chi connectivity index (χ3n) is 6.32. The molecular weight excluding hydrogens is 428 g/mol. The monoisotopic (exact) mass is 468 g/mol. The Morgan fingerprint density at radius 3 is 2.26 bits per heavy atom. The van der Waals surface area contributed by atoms with Gasteiger partial charge in [0.1, 0.15) is 11.5 Å². The molecular formula is C28H40N2O4. The first-order valence-electron chi connectivity index (χ1n) is 11.9. The van der Waals surface area contributed by atoms with Crippen LogP contribution in [0.4, 0.5) is 0 Å². The van der Waals surface area contributed by atoms with E-state index in [9.17, 15) is 9.59 Å². The van der Waals surface area contributed by atoms with Crippen LogP contribution in [0.2, 0.25) is 0 Å². The lowest BCUT2D eigenvalue weighted by Gasteiger charge is -2.32. The molecule has 0 aliphatic carbocycles. The third kappa shape index (κ3) is 6.52. The number of nitrogens with one attached hydrogen (secondary N) is 1. The Morgan fingerprint density at radius 2 is 1.74 bits per heavy atom. The van der Waals surface area contributed by atoms with Crippen molar-refractivity contribution in [2.75, 3.05) is 21.3 Å². The Kier molecular flexibility index (Phi) is 9.54. The fourth-order valence-electron chi connectivity index (χ4n) is 4.56. The first-order chi connectivity index (χ1) is 16.1.